The summed E-state index contributed by atoms with van der Waals surface area (Å²) < 4.78 is 0. The van der Waals surface area contributed by atoms with Crippen molar-refractivity contribution in [2.45, 2.75) is 45.3 Å². The van der Waals surface area contributed by atoms with E-state index in [0.29, 0.717) is 59.6 Å². The van der Waals surface area contributed by atoms with Crippen molar-refractivity contribution in [3.05, 3.63) is 65.5 Å². The second kappa shape index (κ2) is 15.5. The van der Waals surface area contributed by atoms with E-state index >= 15 is 0 Å². The summed E-state index contributed by atoms with van der Waals surface area (Å²) in [6, 6.07) is 10.3. The summed E-state index contributed by atoms with van der Waals surface area (Å²) in [5.74, 6) is -0.797. The molecule has 5 rings (SSSR count). The van der Waals surface area contributed by atoms with E-state index in [4.69, 9.17) is 17.2 Å². The van der Waals surface area contributed by atoms with Gasteiger partial charge in [-0.2, -0.15) is 15.2 Å². The summed E-state index contributed by atoms with van der Waals surface area (Å²) in [5.41, 5.74) is 20.1. The molecule has 0 radical (unpaired) electrons. The van der Waals surface area contributed by atoms with Crippen LogP contribution >= 0.6 is 0 Å². The number of hydrogen-bond donors (Lipinski definition) is 7. The van der Waals surface area contributed by atoms with Crippen LogP contribution in [0.1, 0.15) is 53.1 Å². The molecule has 258 valence electrons. The smallest absolute Gasteiger partial charge is 0.252 e. The van der Waals surface area contributed by atoms with Gasteiger partial charge in [0.05, 0.1) is 30.0 Å². The summed E-state index contributed by atoms with van der Waals surface area (Å²) in [5, 5.41) is 22.4. The number of amides is 4. The number of fused-ring (bicyclic) bond motifs is 1. The van der Waals surface area contributed by atoms with Gasteiger partial charge in [-0.15, -0.1) is 10.2 Å². The molecule has 10 N–H and O–H groups in total. The van der Waals surface area contributed by atoms with Crippen LogP contribution in [0.4, 0.5) is 23.1 Å². The Hall–Kier alpha value is -6.63. The minimum atomic E-state index is -0.721. The number of hydrogen-bond acceptors (Lipinski definition) is 14. The predicted octanol–water partition coefficient (Wildman–Crippen LogP) is 0.542. The van der Waals surface area contributed by atoms with E-state index in [-0.39, 0.29) is 59.1 Å². The molecule has 3 heterocycles. The van der Waals surface area contributed by atoms with Crippen molar-refractivity contribution in [2.24, 2.45) is 5.73 Å². The first-order valence-electron chi connectivity index (χ1n) is 15.4. The number of nitrogens with one attached hydrogen (secondary N) is 4. The Balaban J connectivity index is 1.11. The number of tetrazole rings is 1. The van der Waals surface area contributed by atoms with Crippen molar-refractivity contribution in [2.75, 3.05) is 28.2 Å². The molecule has 0 spiro atoms. The number of carbonyl (C=O) groups excluding carboxylic acids is 4. The molecule has 5 aromatic rings. The van der Waals surface area contributed by atoms with Crippen molar-refractivity contribution in [1.82, 2.24) is 51.2 Å². The molecule has 0 aliphatic rings. The van der Waals surface area contributed by atoms with E-state index in [1.807, 2.05) is 6.92 Å². The van der Waals surface area contributed by atoms with Gasteiger partial charge in [0.25, 0.3) is 11.8 Å². The second-order valence-electron chi connectivity index (χ2n) is 11.3. The second-order valence-corrected chi connectivity index (χ2v) is 11.3. The van der Waals surface area contributed by atoms with Gasteiger partial charge in [-0.1, -0.05) is 0 Å². The summed E-state index contributed by atoms with van der Waals surface area (Å²) in [7, 11) is 0. The molecule has 0 saturated carbocycles. The Kier molecular flexibility index (Phi) is 10.8. The molecule has 0 bridgehead atoms. The summed E-state index contributed by atoms with van der Waals surface area (Å²) in [6.07, 6.45) is 3.27. The fourth-order valence-corrected chi connectivity index (χ4v) is 4.85. The molecule has 0 saturated heterocycles. The number of aromatic amines is 1. The first-order valence-corrected chi connectivity index (χ1v) is 15.4. The van der Waals surface area contributed by atoms with E-state index in [2.05, 4.69) is 56.5 Å². The largest absolute Gasteiger partial charge is 0.382 e. The minimum absolute atomic E-state index is 0.0162. The third-order valence-corrected chi connectivity index (χ3v) is 7.43. The lowest BCUT2D eigenvalue weighted by Gasteiger charge is -2.18. The van der Waals surface area contributed by atoms with E-state index in [1.54, 1.807) is 49.4 Å². The van der Waals surface area contributed by atoms with Gasteiger partial charge in [0, 0.05) is 35.1 Å². The number of nitrogens with two attached hydrogens (primary N) is 3. The number of H-pyrrole nitrogens is 1. The summed E-state index contributed by atoms with van der Waals surface area (Å²) in [4.78, 5) is 67.9. The quantitative estimate of drug-likeness (QED) is 0.0622. The van der Waals surface area contributed by atoms with E-state index in [0.717, 1.165) is 0 Å². The number of rotatable bonds is 14. The maximum Gasteiger partial charge on any atom is 0.252 e. The molecule has 3 aromatic heterocycles. The molecule has 19 heteroatoms. The van der Waals surface area contributed by atoms with Gasteiger partial charge >= 0.3 is 0 Å². The van der Waals surface area contributed by atoms with Crippen molar-refractivity contribution >= 4 is 58.4 Å². The molecule has 0 fully saturated rings. The first-order chi connectivity index (χ1) is 24.0. The number of nitrogen functional groups attached to an aromatic ring is 2. The highest BCUT2D eigenvalue weighted by atomic mass is 16.2. The van der Waals surface area contributed by atoms with Crippen molar-refractivity contribution in [3.8, 4) is 11.4 Å². The zero-order valence-electron chi connectivity index (χ0n) is 27.1. The van der Waals surface area contributed by atoms with Gasteiger partial charge < -0.3 is 38.1 Å². The highest BCUT2D eigenvalue weighted by Crippen LogP contribution is 2.24. The van der Waals surface area contributed by atoms with E-state index in [9.17, 15) is 19.2 Å². The number of aromatic nitrogens is 8. The Morgan fingerprint density at radius 1 is 1.02 bits per heavy atom. The molecule has 0 unspecified atom stereocenters. The standard InChI is InChI=1S/C31H35N15O4/c1-16(4-3-11-35-30(50)22-10-7-19(39-28(48)17(2)32)12-23(22)26-42-44-45-43-26)37-29(49)18-5-8-21(9-6-18)46(15-47)14-20-13-36-27-24(38-20)25(33)40-31(34)41-27/h5-10,12-13,15-17H,3-4,11,14,32H2,1-2H3,(H,35,50)(H,37,49)(H,39,48)(H,42,43,44,45)(H4,33,34,36,40,41)/t16-,17+/m1/s1. The van der Waals surface area contributed by atoms with E-state index < -0.39 is 6.04 Å². The maximum absolute atomic E-state index is 13.1. The zero-order valence-corrected chi connectivity index (χ0v) is 27.1. The summed E-state index contributed by atoms with van der Waals surface area (Å²) >= 11 is 0. The summed E-state index contributed by atoms with van der Waals surface area (Å²) in [6.45, 7) is 3.84. The van der Waals surface area contributed by atoms with Gasteiger partial charge in [0.1, 0.15) is 0 Å². The van der Waals surface area contributed by atoms with Gasteiger partial charge in [0.15, 0.2) is 17.0 Å². The number of benzene rings is 2. The Bertz CT molecular complexity index is 2000. The highest BCUT2D eigenvalue weighted by molar-refractivity contribution is 6.02. The van der Waals surface area contributed by atoms with Crippen molar-refractivity contribution in [3.63, 3.8) is 0 Å². The SMILES string of the molecule is C[C@H](CCCNC(=O)c1ccc(NC(=O)[C@H](C)N)cc1-c1nn[nH]n1)NC(=O)c1ccc(N(C=O)Cc2cnc3nc(N)nc(N)c3n2)cc1. The lowest BCUT2D eigenvalue weighted by Crippen LogP contribution is -2.33. The van der Waals surface area contributed by atoms with E-state index in [1.165, 1.54) is 11.1 Å². The van der Waals surface area contributed by atoms with Crippen LogP contribution in [0.3, 0.4) is 0 Å². The van der Waals surface area contributed by atoms with Crippen LogP contribution in [0.15, 0.2) is 48.7 Å². The van der Waals surface area contributed by atoms with Gasteiger partial charge in [-0.3, -0.25) is 19.2 Å². The van der Waals surface area contributed by atoms with Crippen LogP contribution in [0, 0.1) is 0 Å². The Morgan fingerprint density at radius 2 is 1.80 bits per heavy atom. The Labute approximate surface area is 284 Å². The lowest BCUT2D eigenvalue weighted by molar-refractivity contribution is -0.117. The van der Waals surface area contributed by atoms with Gasteiger partial charge in [0.2, 0.25) is 24.1 Å². The van der Waals surface area contributed by atoms with Gasteiger partial charge in [-0.25, -0.2) is 9.97 Å². The molecule has 19 nitrogen and oxygen atoms in total. The lowest BCUT2D eigenvalue weighted by atomic mass is 10.0. The molecule has 4 amide bonds. The molecular formula is C31H35N15O4. The highest BCUT2D eigenvalue weighted by Gasteiger charge is 2.19. The van der Waals surface area contributed by atoms with Crippen LogP contribution in [0.25, 0.3) is 22.6 Å². The molecular weight excluding hydrogens is 646 g/mol. The average Bonchev–Trinajstić information content (AvgIpc) is 3.64. The fourth-order valence-electron chi connectivity index (χ4n) is 4.85. The number of nitrogens with zero attached hydrogens (tertiary/aromatic N) is 8. The molecule has 0 aliphatic carbocycles. The monoisotopic (exact) mass is 681 g/mol. The molecule has 2 aromatic carbocycles. The van der Waals surface area contributed by atoms with Gasteiger partial charge in [-0.05, 0) is 74.4 Å². The topological polar surface area (TPSA) is 292 Å². The van der Waals surface area contributed by atoms with Crippen LogP contribution in [-0.2, 0) is 16.1 Å². The van der Waals surface area contributed by atoms with Crippen molar-refractivity contribution in [1.29, 1.82) is 0 Å². The molecule has 50 heavy (non-hydrogen) atoms. The normalized spacial score (nSPS) is 12.1. The van der Waals surface area contributed by atoms with Crippen LogP contribution in [0.2, 0.25) is 0 Å². The number of anilines is 4. The van der Waals surface area contributed by atoms with Crippen LogP contribution < -0.4 is 38.1 Å². The van der Waals surface area contributed by atoms with Crippen LogP contribution in [-0.4, -0.2) is 83.3 Å². The van der Waals surface area contributed by atoms with Crippen molar-refractivity contribution < 1.29 is 19.2 Å². The Morgan fingerprint density at radius 3 is 2.50 bits per heavy atom. The zero-order chi connectivity index (χ0) is 35.8. The average molecular weight is 682 g/mol. The number of carbonyl (C=O) groups is 4. The maximum atomic E-state index is 13.1. The minimum Gasteiger partial charge on any atom is -0.382 e. The fraction of sp³-hybridized carbons (Fsp3) is 0.258. The molecule has 2 atom stereocenters. The molecule has 0 aliphatic heterocycles. The van der Waals surface area contributed by atoms with Crippen LogP contribution in [0.5, 0.6) is 0 Å². The third-order valence-electron chi connectivity index (χ3n) is 7.43. The predicted molar refractivity (Wildman–Crippen MR) is 183 cm³/mol. The third kappa shape index (κ3) is 8.44. The first kappa shape index (κ1) is 34.7.